The molecule has 0 unspecified atom stereocenters. The van der Waals surface area contributed by atoms with Crippen molar-refractivity contribution >= 4 is 23.2 Å². The average molecular weight is 375 g/mol. The van der Waals surface area contributed by atoms with Gasteiger partial charge in [-0.05, 0) is 31.4 Å². The number of carbonyl (C=O) groups excluding carboxylic acids is 2. The second-order valence-electron chi connectivity index (χ2n) is 6.49. The van der Waals surface area contributed by atoms with E-state index in [-0.39, 0.29) is 23.6 Å². The Bertz CT molecular complexity index is 765. The molecule has 2 fully saturated rings. The largest absolute Gasteiger partial charge is 0.380 e. The maximum absolute atomic E-state index is 12.8. The Balaban J connectivity index is 1.49. The number of amides is 2. The molecule has 4 heterocycles. The molecule has 2 aromatic rings. The fourth-order valence-electron chi connectivity index (χ4n) is 3.53. The van der Waals surface area contributed by atoms with E-state index in [1.165, 1.54) is 17.5 Å². The van der Waals surface area contributed by atoms with Crippen LogP contribution in [0.15, 0.2) is 28.9 Å². The number of hydrogen-bond acceptors (Lipinski definition) is 6. The zero-order valence-electron chi connectivity index (χ0n) is 14.4. The molecule has 0 bridgehead atoms. The molecule has 2 saturated heterocycles. The first kappa shape index (κ1) is 17.2. The molecule has 2 amide bonds. The number of likely N-dealkylation sites (tertiary alicyclic amines) is 1. The van der Waals surface area contributed by atoms with Crippen molar-refractivity contribution in [2.75, 3.05) is 32.8 Å². The van der Waals surface area contributed by atoms with Crippen LogP contribution in [-0.2, 0) is 4.74 Å². The van der Waals surface area contributed by atoms with E-state index in [2.05, 4.69) is 5.16 Å². The third kappa shape index (κ3) is 3.39. The van der Waals surface area contributed by atoms with E-state index in [0.29, 0.717) is 26.3 Å². The van der Waals surface area contributed by atoms with Crippen LogP contribution in [0.25, 0.3) is 0 Å². The summed E-state index contributed by atoms with van der Waals surface area (Å²) in [5.74, 6) is 0.170. The molecule has 7 nitrogen and oxygen atoms in total. The van der Waals surface area contributed by atoms with Gasteiger partial charge in [-0.25, -0.2) is 0 Å². The number of nitrogens with zero attached hydrogens (tertiary/aromatic N) is 3. The molecule has 0 saturated carbocycles. The van der Waals surface area contributed by atoms with Crippen LogP contribution in [-0.4, -0.2) is 59.6 Å². The van der Waals surface area contributed by atoms with Crippen LogP contribution in [0.3, 0.4) is 0 Å². The van der Waals surface area contributed by atoms with Gasteiger partial charge in [0.25, 0.3) is 11.8 Å². The molecule has 0 spiro atoms. The zero-order valence-corrected chi connectivity index (χ0v) is 15.2. The van der Waals surface area contributed by atoms with E-state index >= 15 is 0 Å². The Hall–Kier alpha value is -2.19. The maximum atomic E-state index is 12.8. The summed E-state index contributed by atoms with van der Waals surface area (Å²) >= 11 is 1.48. The van der Waals surface area contributed by atoms with Gasteiger partial charge in [0.15, 0.2) is 0 Å². The van der Waals surface area contributed by atoms with Crippen LogP contribution in [0.2, 0.25) is 0 Å². The first-order valence-corrected chi connectivity index (χ1v) is 9.74. The quantitative estimate of drug-likeness (QED) is 0.824. The van der Waals surface area contributed by atoms with E-state index in [9.17, 15) is 9.59 Å². The van der Waals surface area contributed by atoms with Gasteiger partial charge in [0.05, 0.1) is 23.7 Å². The standard InChI is InChI=1S/C18H21N3O4S/c22-17(14-6-7-19-25-14)21-9-1-3-13(21)15-4-5-16(26-15)18(23)20-8-2-11-24-12-10-20/h4-7,13H,1-3,8-12H2/t13-/m1/s1. The molecule has 2 aliphatic heterocycles. The molecule has 8 heteroatoms. The fraction of sp³-hybridized carbons (Fsp3) is 0.500. The molecule has 0 aliphatic carbocycles. The maximum Gasteiger partial charge on any atom is 0.292 e. The van der Waals surface area contributed by atoms with E-state index in [4.69, 9.17) is 9.26 Å². The van der Waals surface area contributed by atoms with E-state index in [1.807, 2.05) is 21.9 Å². The minimum Gasteiger partial charge on any atom is -0.380 e. The van der Waals surface area contributed by atoms with Crippen molar-refractivity contribution in [3.05, 3.63) is 39.9 Å². The highest BCUT2D eigenvalue weighted by atomic mass is 32.1. The minimum absolute atomic E-state index is 0.00776. The highest BCUT2D eigenvalue weighted by molar-refractivity contribution is 7.14. The molecule has 26 heavy (non-hydrogen) atoms. The summed E-state index contributed by atoms with van der Waals surface area (Å²) in [5.41, 5.74) is 0. The lowest BCUT2D eigenvalue weighted by atomic mass is 10.2. The average Bonchev–Trinajstić information content (AvgIpc) is 3.38. The van der Waals surface area contributed by atoms with Gasteiger partial charge in [-0.1, -0.05) is 5.16 Å². The van der Waals surface area contributed by atoms with Gasteiger partial charge < -0.3 is 19.1 Å². The second-order valence-corrected chi connectivity index (χ2v) is 7.61. The topological polar surface area (TPSA) is 75.9 Å². The lowest BCUT2D eigenvalue weighted by Gasteiger charge is -2.22. The molecule has 138 valence electrons. The van der Waals surface area contributed by atoms with Crippen LogP contribution >= 0.6 is 11.3 Å². The van der Waals surface area contributed by atoms with Crippen LogP contribution in [0, 0.1) is 0 Å². The molecule has 0 radical (unpaired) electrons. The third-order valence-electron chi connectivity index (χ3n) is 4.84. The molecule has 2 aromatic heterocycles. The summed E-state index contributed by atoms with van der Waals surface area (Å²) in [5, 5.41) is 3.62. The molecule has 0 aromatic carbocycles. The Kier molecular flexibility index (Phi) is 5.03. The van der Waals surface area contributed by atoms with Gasteiger partial charge in [-0.15, -0.1) is 11.3 Å². The van der Waals surface area contributed by atoms with Gasteiger partial charge in [0.1, 0.15) is 0 Å². The predicted molar refractivity (Wildman–Crippen MR) is 95.2 cm³/mol. The van der Waals surface area contributed by atoms with Crippen molar-refractivity contribution in [1.29, 1.82) is 0 Å². The number of carbonyl (C=O) groups is 2. The van der Waals surface area contributed by atoms with E-state index in [0.717, 1.165) is 35.6 Å². The lowest BCUT2D eigenvalue weighted by Crippen LogP contribution is -2.32. The molecular weight excluding hydrogens is 354 g/mol. The summed E-state index contributed by atoms with van der Waals surface area (Å²) < 4.78 is 10.4. The van der Waals surface area contributed by atoms with Gasteiger partial charge in [-0.3, -0.25) is 9.59 Å². The van der Waals surface area contributed by atoms with Gasteiger partial charge in [0.2, 0.25) is 5.76 Å². The number of ether oxygens (including phenoxy) is 1. The van der Waals surface area contributed by atoms with Crippen molar-refractivity contribution in [2.24, 2.45) is 0 Å². The molecule has 0 N–H and O–H groups in total. The molecular formula is C18H21N3O4S. The SMILES string of the molecule is O=C(c1ccc([C@H]2CCCN2C(=O)c2ccno2)s1)N1CCCOCC1. The number of rotatable bonds is 3. The zero-order chi connectivity index (χ0) is 17.9. The van der Waals surface area contributed by atoms with Crippen molar-refractivity contribution in [3.8, 4) is 0 Å². The summed E-state index contributed by atoms with van der Waals surface area (Å²) in [7, 11) is 0. The molecule has 2 aliphatic rings. The highest BCUT2D eigenvalue weighted by Crippen LogP contribution is 2.37. The Labute approximate surface area is 155 Å². The lowest BCUT2D eigenvalue weighted by molar-refractivity contribution is 0.0695. The molecule has 4 rings (SSSR count). The Morgan fingerprint density at radius 2 is 2.00 bits per heavy atom. The van der Waals surface area contributed by atoms with Crippen molar-refractivity contribution in [1.82, 2.24) is 15.0 Å². The molecule has 1 atom stereocenters. The second kappa shape index (κ2) is 7.59. The minimum atomic E-state index is -0.143. The number of hydrogen-bond donors (Lipinski definition) is 0. The van der Waals surface area contributed by atoms with E-state index in [1.54, 1.807) is 6.07 Å². The highest BCUT2D eigenvalue weighted by Gasteiger charge is 2.33. The Morgan fingerprint density at radius 3 is 2.85 bits per heavy atom. The van der Waals surface area contributed by atoms with Crippen molar-refractivity contribution in [2.45, 2.75) is 25.3 Å². The van der Waals surface area contributed by atoms with Crippen molar-refractivity contribution in [3.63, 3.8) is 0 Å². The van der Waals surface area contributed by atoms with Crippen LogP contribution < -0.4 is 0 Å². The summed E-state index contributed by atoms with van der Waals surface area (Å²) in [6.07, 6.45) is 4.18. The van der Waals surface area contributed by atoms with Crippen LogP contribution in [0.1, 0.15) is 50.4 Å². The first-order valence-electron chi connectivity index (χ1n) is 8.92. The van der Waals surface area contributed by atoms with E-state index < -0.39 is 0 Å². The summed E-state index contributed by atoms with van der Waals surface area (Å²) in [6, 6.07) is 5.43. The smallest absolute Gasteiger partial charge is 0.292 e. The van der Waals surface area contributed by atoms with Crippen molar-refractivity contribution < 1.29 is 18.8 Å². The number of aromatic nitrogens is 1. The predicted octanol–water partition coefficient (Wildman–Crippen LogP) is 2.58. The van der Waals surface area contributed by atoms with Crippen LogP contribution in [0.4, 0.5) is 0 Å². The van der Waals surface area contributed by atoms with Gasteiger partial charge >= 0.3 is 0 Å². The summed E-state index contributed by atoms with van der Waals surface area (Å²) in [6.45, 7) is 3.35. The summed E-state index contributed by atoms with van der Waals surface area (Å²) in [4.78, 5) is 30.8. The third-order valence-corrected chi connectivity index (χ3v) is 6.01. The van der Waals surface area contributed by atoms with Gasteiger partial charge in [0, 0.05) is 37.2 Å². The first-order chi connectivity index (χ1) is 12.7. The fourth-order valence-corrected chi connectivity index (χ4v) is 4.65. The van der Waals surface area contributed by atoms with Gasteiger partial charge in [-0.2, -0.15) is 0 Å². The number of thiophene rings is 1. The van der Waals surface area contributed by atoms with Crippen LogP contribution in [0.5, 0.6) is 0 Å². The monoisotopic (exact) mass is 375 g/mol. The Morgan fingerprint density at radius 1 is 1.08 bits per heavy atom. The normalized spacial score (nSPS) is 21.0.